The van der Waals surface area contributed by atoms with Crippen LogP contribution in [0.1, 0.15) is 21.5 Å². The molecule has 1 saturated heterocycles. The molecule has 0 bridgehead atoms. The molecule has 1 amide bonds. The van der Waals surface area contributed by atoms with Crippen LogP contribution in [0.15, 0.2) is 64.6 Å². The molecule has 31 heavy (non-hydrogen) atoms. The lowest BCUT2D eigenvalue weighted by Crippen LogP contribution is -2.50. The molecule has 1 aromatic carbocycles. The number of amides is 1. The summed E-state index contributed by atoms with van der Waals surface area (Å²) in [6.07, 6.45) is 4.64. The van der Waals surface area contributed by atoms with Crippen molar-refractivity contribution < 1.29 is 9.18 Å². The zero-order valence-electron chi connectivity index (χ0n) is 16.8. The molecule has 160 valence electrons. The van der Waals surface area contributed by atoms with E-state index in [1.54, 1.807) is 23.4 Å². The number of halogens is 1. The molecule has 1 aliphatic rings. The first-order valence-electron chi connectivity index (χ1n) is 9.99. The van der Waals surface area contributed by atoms with Crippen molar-refractivity contribution in [3.63, 3.8) is 0 Å². The lowest BCUT2D eigenvalue weighted by molar-refractivity contribution is 0.0625. The van der Waals surface area contributed by atoms with Crippen LogP contribution in [-0.2, 0) is 13.1 Å². The van der Waals surface area contributed by atoms with Crippen LogP contribution in [0.4, 0.5) is 4.39 Å². The van der Waals surface area contributed by atoms with Gasteiger partial charge in [0.2, 0.25) is 0 Å². The molecule has 0 aliphatic carbocycles. The molecular weight excluding hydrogens is 401 g/mol. The molecule has 3 heterocycles. The molecular formula is C22H22FN5O3. The van der Waals surface area contributed by atoms with Crippen LogP contribution in [0.5, 0.6) is 0 Å². The zero-order valence-corrected chi connectivity index (χ0v) is 16.8. The molecule has 3 aromatic rings. The first-order chi connectivity index (χ1) is 15.0. The Morgan fingerprint density at radius 1 is 1.00 bits per heavy atom. The second-order valence-electron chi connectivity index (χ2n) is 7.41. The number of benzene rings is 1. The molecule has 8 nitrogen and oxygen atoms in total. The molecule has 0 spiro atoms. The molecule has 0 radical (unpaired) electrons. The second-order valence-corrected chi connectivity index (χ2v) is 7.41. The fourth-order valence-electron chi connectivity index (χ4n) is 3.63. The molecule has 9 heteroatoms. The first kappa shape index (κ1) is 20.7. The van der Waals surface area contributed by atoms with E-state index < -0.39 is 23.0 Å². The Morgan fingerprint density at radius 3 is 2.42 bits per heavy atom. The van der Waals surface area contributed by atoms with Gasteiger partial charge in [-0.3, -0.25) is 24.0 Å². The highest BCUT2D eigenvalue weighted by atomic mass is 19.1. The number of rotatable bonds is 5. The van der Waals surface area contributed by atoms with E-state index in [1.807, 2.05) is 12.1 Å². The lowest BCUT2D eigenvalue weighted by atomic mass is 10.2. The third kappa shape index (κ3) is 4.61. The fourth-order valence-corrected chi connectivity index (χ4v) is 3.63. The molecule has 1 fully saturated rings. The number of carbonyl (C=O) groups excluding carboxylic acids is 1. The number of carbonyl (C=O) groups is 1. The van der Waals surface area contributed by atoms with Gasteiger partial charge in [-0.25, -0.2) is 9.18 Å². The monoisotopic (exact) mass is 423 g/mol. The quantitative estimate of drug-likeness (QED) is 0.663. The minimum atomic E-state index is -0.726. The standard InChI is InChI=1S/C22H22FN5O3/c23-19-4-2-1-3-17(19)15-28-21(30)18(13-25-22(28)31)20(29)27-11-9-26(10-12-27)14-16-5-7-24-8-6-16/h1-8,13H,9-12,14-15H2,(H,25,31). The van der Waals surface area contributed by atoms with Crippen molar-refractivity contribution in [1.82, 2.24) is 24.3 Å². The zero-order chi connectivity index (χ0) is 21.8. The summed E-state index contributed by atoms with van der Waals surface area (Å²) in [7, 11) is 0. The normalized spacial score (nSPS) is 14.5. The van der Waals surface area contributed by atoms with E-state index in [4.69, 9.17) is 0 Å². The number of nitrogens with zero attached hydrogens (tertiary/aromatic N) is 4. The summed E-state index contributed by atoms with van der Waals surface area (Å²) < 4.78 is 14.8. The maximum Gasteiger partial charge on any atom is 0.328 e. The van der Waals surface area contributed by atoms with Crippen molar-refractivity contribution >= 4 is 5.91 Å². The Kier molecular flexibility index (Phi) is 6.03. The highest BCUT2D eigenvalue weighted by molar-refractivity contribution is 5.93. The van der Waals surface area contributed by atoms with Gasteiger partial charge >= 0.3 is 5.69 Å². The Bertz CT molecular complexity index is 1180. The van der Waals surface area contributed by atoms with Gasteiger partial charge in [-0.2, -0.15) is 0 Å². The van der Waals surface area contributed by atoms with E-state index >= 15 is 0 Å². The number of aromatic amines is 1. The SMILES string of the molecule is O=C(c1c[nH]c(=O)n(Cc2ccccc2F)c1=O)N1CCN(Cc2ccncc2)CC1. The van der Waals surface area contributed by atoms with E-state index in [2.05, 4.69) is 14.9 Å². The van der Waals surface area contributed by atoms with Crippen LogP contribution in [0.3, 0.4) is 0 Å². The van der Waals surface area contributed by atoms with Gasteiger partial charge in [0, 0.05) is 56.9 Å². The largest absolute Gasteiger partial charge is 0.336 e. The van der Waals surface area contributed by atoms with E-state index in [9.17, 15) is 18.8 Å². The van der Waals surface area contributed by atoms with E-state index in [0.29, 0.717) is 26.2 Å². The van der Waals surface area contributed by atoms with Gasteiger partial charge in [0.15, 0.2) is 0 Å². The van der Waals surface area contributed by atoms with Crippen molar-refractivity contribution in [3.8, 4) is 0 Å². The summed E-state index contributed by atoms with van der Waals surface area (Å²) in [5, 5.41) is 0. The maximum absolute atomic E-state index is 14.0. The molecule has 0 saturated carbocycles. The number of hydrogen-bond acceptors (Lipinski definition) is 5. The summed E-state index contributed by atoms with van der Waals surface area (Å²) >= 11 is 0. The minimum absolute atomic E-state index is 0.126. The number of H-pyrrole nitrogens is 1. The average molecular weight is 423 g/mol. The number of pyridine rings is 1. The highest BCUT2D eigenvalue weighted by Crippen LogP contribution is 2.10. The Labute approximate surface area is 177 Å². The van der Waals surface area contributed by atoms with E-state index in [1.165, 1.54) is 18.2 Å². The van der Waals surface area contributed by atoms with Gasteiger partial charge in [0.25, 0.3) is 11.5 Å². The lowest BCUT2D eigenvalue weighted by Gasteiger charge is -2.34. The Balaban J connectivity index is 1.47. The van der Waals surface area contributed by atoms with Crippen LogP contribution in [0.2, 0.25) is 0 Å². The number of nitrogens with one attached hydrogen (secondary N) is 1. The molecule has 2 aromatic heterocycles. The summed E-state index contributed by atoms with van der Waals surface area (Å²) in [6, 6.07) is 9.82. The van der Waals surface area contributed by atoms with Crippen molar-refractivity contribution in [1.29, 1.82) is 0 Å². The summed E-state index contributed by atoms with van der Waals surface area (Å²) in [5.74, 6) is -0.956. The second kappa shape index (κ2) is 9.05. The van der Waals surface area contributed by atoms with Crippen LogP contribution >= 0.6 is 0 Å². The number of hydrogen-bond donors (Lipinski definition) is 1. The van der Waals surface area contributed by atoms with Crippen LogP contribution in [-0.4, -0.2) is 56.4 Å². The maximum atomic E-state index is 14.0. The molecule has 4 rings (SSSR count). The van der Waals surface area contributed by atoms with Crippen molar-refractivity contribution in [2.75, 3.05) is 26.2 Å². The number of aromatic nitrogens is 3. The van der Waals surface area contributed by atoms with E-state index in [0.717, 1.165) is 22.9 Å². The van der Waals surface area contributed by atoms with Gasteiger partial charge in [0.1, 0.15) is 11.4 Å². The fraction of sp³-hybridized carbons (Fsp3) is 0.273. The molecule has 0 unspecified atom stereocenters. The summed E-state index contributed by atoms with van der Waals surface area (Å²) in [5.41, 5.74) is -0.197. The molecule has 0 atom stereocenters. The van der Waals surface area contributed by atoms with E-state index in [-0.39, 0.29) is 17.7 Å². The predicted molar refractivity (Wildman–Crippen MR) is 112 cm³/mol. The third-order valence-electron chi connectivity index (χ3n) is 5.39. The molecule has 1 aliphatic heterocycles. The predicted octanol–water partition coefficient (Wildman–Crippen LogP) is 1.08. The first-order valence-corrected chi connectivity index (χ1v) is 9.99. The summed E-state index contributed by atoms with van der Waals surface area (Å²) in [4.78, 5) is 48.3. The van der Waals surface area contributed by atoms with Gasteiger partial charge in [-0.05, 0) is 23.8 Å². The van der Waals surface area contributed by atoms with Crippen LogP contribution in [0.25, 0.3) is 0 Å². The topological polar surface area (TPSA) is 91.3 Å². The van der Waals surface area contributed by atoms with Gasteiger partial charge in [-0.1, -0.05) is 18.2 Å². The van der Waals surface area contributed by atoms with Gasteiger partial charge in [0.05, 0.1) is 6.54 Å². The van der Waals surface area contributed by atoms with Gasteiger partial charge < -0.3 is 9.88 Å². The van der Waals surface area contributed by atoms with Crippen molar-refractivity contribution in [3.05, 3.63) is 98.3 Å². The number of piperazine rings is 1. The van der Waals surface area contributed by atoms with Gasteiger partial charge in [-0.15, -0.1) is 0 Å². The Morgan fingerprint density at radius 2 is 1.71 bits per heavy atom. The highest BCUT2D eigenvalue weighted by Gasteiger charge is 2.25. The smallest absolute Gasteiger partial charge is 0.328 e. The third-order valence-corrected chi connectivity index (χ3v) is 5.39. The van der Waals surface area contributed by atoms with Crippen LogP contribution in [0, 0.1) is 5.82 Å². The average Bonchev–Trinajstić information content (AvgIpc) is 2.79. The summed E-state index contributed by atoms with van der Waals surface area (Å²) in [6.45, 7) is 2.79. The van der Waals surface area contributed by atoms with Crippen molar-refractivity contribution in [2.45, 2.75) is 13.1 Å². The molecule has 1 N–H and O–H groups in total. The van der Waals surface area contributed by atoms with Crippen molar-refractivity contribution in [2.24, 2.45) is 0 Å². The Hall–Kier alpha value is -3.59. The van der Waals surface area contributed by atoms with Crippen LogP contribution < -0.4 is 11.2 Å². The minimum Gasteiger partial charge on any atom is -0.336 e.